The van der Waals surface area contributed by atoms with Crippen molar-refractivity contribution in [1.82, 2.24) is 5.32 Å². The molecule has 0 atom stereocenters. The fourth-order valence-corrected chi connectivity index (χ4v) is 1.69. The van der Waals surface area contributed by atoms with E-state index in [2.05, 4.69) is 33.0 Å². The predicted molar refractivity (Wildman–Crippen MR) is 84.6 cm³/mol. The van der Waals surface area contributed by atoms with Crippen LogP contribution in [0.3, 0.4) is 0 Å². The Labute approximate surface area is 123 Å². The monoisotopic (exact) mass is 279 g/mol. The van der Waals surface area contributed by atoms with Gasteiger partial charge in [-0.3, -0.25) is 0 Å². The van der Waals surface area contributed by atoms with Crippen LogP contribution in [-0.2, 0) is 0 Å². The summed E-state index contributed by atoms with van der Waals surface area (Å²) in [6.45, 7) is 14.2. The summed E-state index contributed by atoms with van der Waals surface area (Å²) in [4.78, 5) is 0. The zero-order valence-corrected chi connectivity index (χ0v) is 13.5. The van der Waals surface area contributed by atoms with Crippen molar-refractivity contribution in [1.29, 1.82) is 0 Å². The van der Waals surface area contributed by atoms with Gasteiger partial charge in [0.25, 0.3) is 0 Å². The number of nitrogens with one attached hydrogen (secondary N) is 1. The summed E-state index contributed by atoms with van der Waals surface area (Å²) >= 11 is 0. The average Bonchev–Trinajstić information content (AvgIpc) is 2.40. The lowest BCUT2D eigenvalue weighted by atomic mass is 9.81. The maximum Gasteiger partial charge on any atom is 0.161 e. The molecule has 0 aliphatic carbocycles. The second-order valence-corrected chi connectivity index (χ2v) is 6.05. The molecule has 114 valence electrons. The molecule has 0 fully saturated rings. The molecule has 0 radical (unpaired) electrons. The maximum absolute atomic E-state index is 5.78. The molecular formula is C17H29NO2. The second-order valence-electron chi connectivity index (χ2n) is 6.05. The molecule has 3 nitrogen and oxygen atoms in total. The molecule has 0 saturated carbocycles. The van der Waals surface area contributed by atoms with Crippen molar-refractivity contribution in [3.05, 3.63) is 24.3 Å². The van der Waals surface area contributed by atoms with Gasteiger partial charge in [0.05, 0.1) is 6.61 Å². The summed E-state index contributed by atoms with van der Waals surface area (Å²) in [6, 6.07) is 7.81. The average molecular weight is 279 g/mol. The van der Waals surface area contributed by atoms with Crippen molar-refractivity contribution < 1.29 is 9.47 Å². The van der Waals surface area contributed by atoms with Crippen LogP contribution in [0.5, 0.6) is 11.5 Å². The first kappa shape index (κ1) is 16.8. The summed E-state index contributed by atoms with van der Waals surface area (Å²) in [5.74, 6) is 2.30. The van der Waals surface area contributed by atoms with Crippen LogP contribution in [0.2, 0.25) is 0 Å². The predicted octanol–water partition coefficient (Wildman–Crippen LogP) is 3.74. The van der Waals surface area contributed by atoms with Gasteiger partial charge in [-0.05, 0) is 30.4 Å². The zero-order valence-electron chi connectivity index (χ0n) is 13.5. The minimum absolute atomic E-state index is 0.309. The van der Waals surface area contributed by atoms with E-state index >= 15 is 0 Å². The normalized spacial score (nSPS) is 11.7. The third-order valence-electron chi connectivity index (χ3n) is 3.83. The van der Waals surface area contributed by atoms with Gasteiger partial charge < -0.3 is 14.8 Å². The lowest BCUT2D eigenvalue weighted by molar-refractivity contribution is 0.225. The summed E-state index contributed by atoms with van der Waals surface area (Å²) < 4.78 is 11.3. The van der Waals surface area contributed by atoms with Gasteiger partial charge in [0.1, 0.15) is 6.61 Å². The quantitative estimate of drug-likeness (QED) is 0.699. The molecule has 0 spiro atoms. The topological polar surface area (TPSA) is 30.5 Å². The zero-order chi connectivity index (χ0) is 15.0. The highest BCUT2D eigenvalue weighted by Crippen LogP contribution is 2.26. The van der Waals surface area contributed by atoms with Crippen LogP contribution >= 0.6 is 0 Å². The van der Waals surface area contributed by atoms with Gasteiger partial charge >= 0.3 is 0 Å². The SMILES string of the molecule is CCOc1ccccc1OCCNCC(C)(C)C(C)C. The van der Waals surface area contributed by atoms with Crippen LogP contribution in [0.15, 0.2) is 24.3 Å². The largest absolute Gasteiger partial charge is 0.490 e. The Balaban J connectivity index is 2.31. The Hall–Kier alpha value is -1.22. The van der Waals surface area contributed by atoms with Gasteiger partial charge in [0.15, 0.2) is 11.5 Å². The van der Waals surface area contributed by atoms with E-state index in [0.29, 0.717) is 24.5 Å². The van der Waals surface area contributed by atoms with Gasteiger partial charge in [-0.2, -0.15) is 0 Å². The van der Waals surface area contributed by atoms with E-state index in [-0.39, 0.29) is 0 Å². The molecule has 0 bridgehead atoms. The minimum Gasteiger partial charge on any atom is -0.490 e. The fourth-order valence-electron chi connectivity index (χ4n) is 1.69. The second kappa shape index (κ2) is 8.15. The first-order valence-corrected chi connectivity index (χ1v) is 7.52. The summed E-state index contributed by atoms with van der Waals surface area (Å²) in [7, 11) is 0. The molecule has 1 rings (SSSR count). The van der Waals surface area contributed by atoms with Crippen LogP contribution < -0.4 is 14.8 Å². The van der Waals surface area contributed by atoms with E-state index in [9.17, 15) is 0 Å². The fraction of sp³-hybridized carbons (Fsp3) is 0.647. The molecule has 1 aromatic carbocycles. The van der Waals surface area contributed by atoms with Gasteiger partial charge in [-0.15, -0.1) is 0 Å². The number of ether oxygens (including phenoxy) is 2. The van der Waals surface area contributed by atoms with Crippen molar-refractivity contribution in [2.75, 3.05) is 26.3 Å². The molecule has 1 aromatic rings. The summed E-state index contributed by atoms with van der Waals surface area (Å²) in [5.41, 5.74) is 0.309. The van der Waals surface area contributed by atoms with Crippen molar-refractivity contribution >= 4 is 0 Å². The van der Waals surface area contributed by atoms with E-state index in [0.717, 1.165) is 24.6 Å². The smallest absolute Gasteiger partial charge is 0.161 e. The highest BCUT2D eigenvalue weighted by atomic mass is 16.5. The van der Waals surface area contributed by atoms with Crippen LogP contribution in [0.25, 0.3) is 0 Å². The van der Waals surface area contributed by atoms with Crippen LogP contribution in [0.4, 0.5) is 0 Å². The molecule has 0 heterocycles. The third kappa shape index (κ3) is 5.41. The Morgan fingerprint density at radius 1 is 1.10 bits per heavy atom. The van der Waals surface area contributed by atoms with E-state index in [4.69, 9.17) is 9.47 Å². The standard InChI is InChI=1S/C17H29NO2/c1-6-19-15-9-7-8-10-16(15)20-12-11-18-13-17(4,5)14(2)3/h7-10,14,18H,6,11-13H2,1-5H3. The summed E-state index contributed by atoms with van der Waals surface area (Å²) in [6.07, 6.45) is 0. The molecule has 0 aromatic heterocycles. The van der Waals surface area contributed by atoms with Crippen LogP contribution in [0.1, 0.15) is 34.6 Å². The van der Waals surface area contributed by atoms with Gasteiger partial charge in [-0.1, -0.05) is 39.8 Å². The highest BCUT2D eigenvalue weighted by Gasteiger charge is 2.21. The van der Waals surface area contributed by atoms with Crippen molar-refractivity contribution in [2.45, 2.75) is 34.6 Å². The van der Waals surface area contributed by atoms with E-state index in [1.54, 1.807) is 0 Å². The third-order valence-corrected chi connectivity index (χ3v) is 3.83. The lowest BCUT2D eigenvalue weighted by Crippen LogP contribution is -2.35. The first-order chi connectivity index (χ1) is 9.47. The molecule has 0 aliphatic rings. The molecule has 0 unspecified atom stereocenters. The lowest BCUT2D eigenvalue weighted by Gasteiger charge is -2.29. The van der Waals surface area contributed by atoms with Crippen LogP contribution in [-0.4, -0.2) is 26.3 Å². The molecule has 0 aliphatic heterocycles. The first-order valence-electron chi connectivity index (χ1n) is 7.52. The van der Waals surface area contributed by atoms with E-state index in [1.165, 1.54) is 0 Å². The van der Waals surface area contributed by atoms with Gasteiger partial charge in [-0.25, -0.2) is 0 Å². The highest BCUT2D eigenvalue weighted by molar-refractivity contribution is 5.39. The van der Waals surface area contributed by atoms with Crippen molar-refractivity contribution in [3.8, 4) is 11.5 Å². The van der Waals surface area contributed by atoms with Gasteiger partial charge in [0, 0.05) is 13.1 Å². The Kier molecular flexibility index (Phi) is 6.86. The van der Waals surface area contributed by atoms with Crippen molar-refractivity contribution in [2.24, 2.45) is 11.3 Å². The number of para-hydroxylation sites is 2. The number of benzene rings is 1. The minimum atomic E-state index is 0.309. The molecule has 3 heteroatoms. The molecule has 0 saturated heterocycles. The van der Waals surface area contributed by atoms with Crippen LogP contribution in [0, 0.1) is 11.3 Å². The van der Waals surface area contributed by atoms with Gasteiger partial charge in [0.2, 0.25) is 0 Å². The maximum atomic E-state index is 5.78. The van der Waals surface area contributed by atoms with E-state index < -0.39 is 0 Å². The van der Waals surface area contributed by atoms with E-state index in [1.807, 2.05) is 31.2 Å². The number of hydrogen-bond acceptors (Lipinski definition) is 3. The number of rotatable bonds is 9. The molecule has 20 heavy (non-hydrogen) atoms. The molecular weight excluding hydrogens is 250 g/mol. The Morgan fingerprint density at radius 2 is 1.70 bits per heavy atom. The molecule has 0 amide bonds. The number of hydrogen-bond donors (Lipinski definition) is 1. The molecule has 1 N–H and O–H groups in total. The Bertz CT molecular complexity index is 388. The Morgan fingerprint density at radius 3 is 2.25 bits per heavy atom. The van der Waals surface area contributed by atoms with Crippen molar-refractivity contribution in [3.63, 3.8) is 0 Å². The summed E-state index contributed by atoms with van der Waals surface area (Å²) in [5, 5.41) is 3.46.